The number of rotatable bonds is 6. The molecule has 1 fully saturated rings. The summed E-state index contributed by atoms with van der Waals surface area (Å²) in [6.07, 6.45) is 2.91. The highest BCUT2D eigenvalue weighted by Crippen LogP contribution is 2.51. The first-order valence-electron chi connectivity index (χ1n) is 7.11. The van der Waals surface area contributed by atoms with E-state index >= 15 is 0 Å². The summed E-state index contributed by atoms with van der Waals surface area (Å²) in [6.45, 7) is 5.78. The summed E-state index contributed by atoms with van der Waals surface area (Å²) in [7, 11) is 0. The van der Waals surface area contributed by atoms with E-state index in [1.54, 1.807) is 0 Å². The SMILES string of the molecule is CC(C)C1(CNC(=O)Cc2ccccc2CN)CC1. The summed E-state index contributed by atoms with van der Waals surface area (Å²) >= 11 is 0. The molecule has 1 amide bonds. The summed E-state index contributed by atoms with van der Waals surface area (Å²) in [5.74, 6) is 0.747. The van der Waals surface area contributed by atoms with Crippen LogP contribution in [0.1, 0.15) is 37.8 Å². The number of hydrogen-bond acceptors (Lipinski definition) is 2. The lowest BCUT2D eigenvalue weighted by molar-refractivity contribution is -0.120. The molecule has 104 valence electrons. The van der Waals surface area contributed by atoms with Gasteiger partial charge in [0.1, 0.15) is 0 Å². The molecule has 0 aromatic heterocycles. The van der Waals surface area contributed by atoms with E-state index in [2.05, 4.69) is 19.2 Å². The van der Waals surface area contributed by atoms with Gasteiger partial charge in [0.15, 0.2) is 0 Å². The first-order valence-corrected chi connectivity index (χ1v) is 7.11. The predicted molar refractivity (Wildman–Crippen MR) is 77.6 cm³/mol. The summed E-state index contributed by atoms with van der Waals surface area (Å²) in [5, 5.41) is 3.09. The molecule has 1 aliphatic carbocycles. The number of hydrogen-bond donors (Lipinski definition) is 2. The third-order valence-electron chi connectivity index (χ3n) is 4.44. The fourth-order valence-corrected chi connectivity index (χ4v) is 2.56. The number of nitrogens with two attached hydrogens (primary N) is 1. The van der Waals surface area contributed by atoms with Gasteiger partial charge in [-0.25, -0.2) is 0 Å². The molecule has 0 spiro atoms. The van der Waals surface area contributed by atoms with Crippen molar-refractivity contribution in [3.8, 4) is 0 Å². The van der Waals surface area contributed by atoms with Gasteiger partial charge in [0.25, 0.3) is 0 Å². The van der Waals surface area contributed by atoms with Gasteiger partial charge in [-0.2, -0.15) is 0 Å². The normalized spacial score (nSPS) is 16.4. The summed E-state index contributed by atoms with van der Waals surface area (Å²) in [4.78, 5) is 12.0. The fourth-order valence-electron chi connectivity index (χ4n) is 2.56. The van der Waals surface area contributed by atoms with Gasteiger partial charge in [0, 0.05) is 13.1 Å². The number of nitrogens with one attached hydrogen (secondary N) is 1. The average molecular weight is 260 g/mol. The number of amides is 1. The van der Waals surface area contributed by atoms with Gasteiger partial charge in [-0.1, -0.05) is 38.1 Å². The van der Waals surface area contributed by atoms with Gasteiger partial charge in [0.05, 0.1) is 6.42 Å². The number of benzene rings is 1. The maximum absolute atomic E-state index is 12.0. The average Bonchev–Trinajstić information content (AvgIpc) is 3.18. The topological polar surface area (TPSA) is 55.1 Å². The van der Waals surface area contributed by atoms with Crippen LogP contribution in [0.4, 0.5) is 0 Å². The van der Waals surface area contributed by atoms with E-state index in [1.807, 2.05) is 24.3 Å². The van der Waals surface area contributed by atoms with Gasteiger partial charge in [-0.3, -0.25) is 4.79 Å². The molecule has 3 N–H and O–H groups in total. The Balaban J connectivity index is 1.88. The minimum Gasteiger partial charge on any atom is -0.355 e. The molecule has 0 atom stereocenters. The Morgan fingerprint density at radius 2 is 1.95 bits per heavy atom. The van der Waals surface area contributed by atoms with E-state index in [9.17, 15) is 4.79 Å². The van der Waals surface area contributed by atoms with Crippen molar-refractivity contribution in [3.63, 3.8) is 0 Å². The molecule has 3 heteroatoms. The molecule has 1 aromatic carbocycles. The summed E-state index contributed by atoms with van der Waals surface area (Å²) < 4.78 is 0. The molecule has 19 heavy (non-hydrogen) atoms. The van der Waals surface area contributed by atoms with Gasteiger partial charge in [-0.05, 0) is 35.3 Å². The van der Waals surface area contributed by atoms with Crippen LogP contribution < -0.4 is 11.1 Å². The van der Waals surface area contributed by atoms with Crippen molar-refractivity contribution in [1.82, 2.24) is 5.32 Å². The van der Waals surface area contributed by atoms with Gasteiger partial charge >= 0.3 is 0 Å². The van der Waals surface area contributed by atoms with Crippen molar-refractivity contribution in [2.45, 2.75) is 39.7 Å². The second-order valence-corrected chi connectivity index (χ2v) is 5.94. The molecule has 0 aliphatic heterocycles. The highest BCUT2D eigenvalue weighted by Gasteiger charge is 2.45. The summed E-state index contributed by atoms with van der Waals surface area (Å²) in [5.41, 5.74) is 8.15. The molecule has 3 nitrogen and oxygen atoms in total. The second kappa shape index (κ2) is 5.74. The molecular weight excluding hydrogens is 236 g/mol. The quantitative estimate of drug-likeness (QED) is 0.824. The molecule has 2 rings (SSSR count). The highest BCUT2D eigenvalue weighted by atomic mass is 16.1. The molecule has 0 radical (unpaired) electrons. The smallest absolute Gasteiger partial charge is 0.224 e. The van der Waals surface area contributed by atoms with Crippen molar-refractivity contribution in [3.05, 3.63) is 35.4 Å². The van der Waals surface area contributed by atoms with Crippen molar-refractivity contribution in [2.75, 3.05) is 6.54 Å². The lowest BCUT2D eigenvalue weighted by atomic mass is 9.92. The highest BCUT2D eigenvalue weighted by molar-refractivity contribution is 5.79. The van der Waals surface area contributed by atoms with Crippen LogP contribution in [0.25, 0.3) is 0 Å². The fraction of sp³-hybridized carbons (Fsp3) is 0.562. The van der Waals surface area contributed by atoms with Crippen LogP contribution >= 0.6 is 0 Å². The van der Waals surface area contributed by atoms with Crippen LogP contribution in [0.3, 0.4) is 0 Å². The zero-order valence-electron chi connectivity index (χ0n) is 11.9. The molecule has 0 bridgehead atoms. The first kappa shape index (κ1) is 14.1. The first-order chi connectivity index (χ1) is 9.07. The Morgan fingerprint density at radius 3 is 2.47 bits per heavy atom. The summed E-state index contributed by atoms with van der Waals surface area (Å²) in [6, 6.07) is 7.88. The monoisotopic (exact) mass is 260 g/mol. The molecule has 0 saturated heterocycles. The van der Waals surface area contributed by atoms with Crippen molar-refractivity contribution in [2.24, 2.45) is 17.1 Å². The predicted octanol–water partition coefficient (Wildman–Crippen LogP) is 2.24. The standard InChI is InChI=1S/C16H24N2O/c1-12(2)16(7-8-16)11-18-15(19)9-13-5-3-4-6-14(13)10-17/h3-6,12H,7-11,17H2,1-2H3,(H,18,19). The minimum absolute atomic E-state index is 0.104. The molecule has 0 heterocycles. The van der Waals surface area contributed by atoms with Crippen LogP contribution in [0.5, 0.6) is 0 Å². The van der Waals surface area contributed by atoms with Crippen LogP contribution in [-0.2, 0) is 17.8 Å². The maximum atomic E-state index is 12.0. The Hall–Kier alpha value is -1.35. The zero-order valence-corrected chi connectivity index (χ0v) is 11.9. The lowest BCUT2D eigenvalue weighted by Gasteiger charge is -2.20. The lowest BCUT2D eigenvalue weighted by Crippen LogP contribution is -2.33. The zero-order chi connectivity index (χ0) is 13.9. The van der Waals surface area contributed by atoms with E-state index in [1.165, 1.54) is 12.8 Å². The van der Waals surface area contributed by atoms with Crippen LogP contribution in [0.15, 0.2) is 24.3 Å². The number of carbonyl (C=O) groups excluding carboxylic acids is 1. The number of carbonyl (C=O) groups is 1. The molecular formula is C16H24N2O. The van der Waals surface area contributed by atoms with Crippen molar-refractivity contribution in [1.29, 1.82) is 0 Å². The van der Waals surface area contributed by atoms with Crippen LogP contribution in [0, 0.1) is 11.3 Å². The minimum atomic E-state index is 0.104. The van der Waals surface area contributed by atoms with E-state index in [0.29, 0.717) is 24.3 Å². The van der Waals surface area contributed by atoms with E-state index in [-0.39, 0.29) is 5.91 Å². The van der Waals surface area contributed by atoms with Gasteiger partial charge < -0.3 is 11.1 Å². The maximum Gasteiger partial charge on any atom is 0.224 e. The molecule has 1 aliphatic rings. The molecule has 1 aromatic rings. The van der Waals surface area contributed by atoms with Crippen molar-refractivity contribution >= 4 is 5.91 Å². The molecule has 1 saturated carbocycles. The van der Waals surface area contributed by atoms with Crippen LogP contribution in [-0.4, -0.2) is 12.5 Å². The Bertz CT molecular complexity index is 450. The third kappa shape index (κ3) is 3.35. The largest absolute Gasteiger partial charge is 0.355 e. The van der Waals surface area contributed by atoms with Gasteiger partial charge in [-0.15, -0.1) is 0 Å². The van der Waals surface area contributed by atoms with E-state index in [0.717, 1.165) is 17.7 Å². The third-order valence-corrected chi connectivity index (χ3v) is 4.44. The van der Waals surface area contributed by atoms with Crippen molar-refractivity contribution < 1.29 is 4.79 Å². The molecule has 0 unspecified atom stereocenters. The van der Waals surface area contributed by atoms with E-state index < -0.39 is 0 Å². The Kier molecular flexibility index (Phi) is 4.25. The second-order valence-electron chi connectivity index (χ2n) is 5.94. The van der Waals surface area contributed by atoms with Crippen LogP contribution in [0.2, 0.25) is 0 Å². The Labute approximate surface area is 115 Å². The van der Waals surface area contributed by atoms with E-state index in [4.69, 9.17) is 5.73 Å². The van der Waals surface area contributed by atoms with Gasteiger partial charge in [0.2, 0.25) is 5.91 Å². The Morgan fingerprint density at radius 1 is 1.32 bits per heavy atom.